The predicted molar refractivity (Wildman–Crippen MR) is 52.3 cm³/mol. The number of rotatable bonds is 2. The smallest absolute Gasteiger partial charge is 0.0551 e. The summed E-state index contributed by atoms with van der Waals surface area (Å²) in [7, 11) is 0. The molecule has 1 atom stereocenters. The maximum absolute atomic E-state index is 5.87. The van der Waals surface area contributed by atoms with Crippen LogP contribution in [0.25, 0.3) is 0 Å². The van der Waals surface area contributed by atoms with Crippen molar-refractivity contribution in [3.8, 4) is 0 Å². The predicted octanol–water partition coefficient (Wildman–Crippen LogP) is 2.02. The van der Waals surface area contributed by atoms with Crippen molar-refractivity contribution in [1.29, 1.82) is 0 Å². The lowest BCUT2D eigenvalue weighted by Gasteiger charge is -2.15. The van der Waals surface area contributed by atoms with E-state index in [1.807, 2.05) is 19.2 Å². The van der Waals surface area contributed by atoms with Gasteiger partial charge in [-0.2, -0.15) is 5.10 Å². The molecule has 1 aromatic heterocycles. The summed E-state index contributed by atoms with van der Waals surface area (Å²) in [5.74, 6) is 0. The van der Waals surface area contributed by atoms with Crippen LogP contribution in [0, 0.1) is 0 Å². The average molecular weight is 179 g/mol. The van der Waals surface area contributed by atoms with Crippen LogP contribution in [-0.2, 0) is 0 Å². The van der Waals surface area contributed by atoms with Gasteiger partial charge in [0.1, 0.15) is 0 Å². The summed E-state index contributed by atoms with van der Waals surface area (Å²) in [6.07, 6.45) is 7.06. The number of hydrogen-bond donors (Lipinski definition) is 1. The molecule has 0 bridgehead atoms. The fourth-order valence-electron chi connectivity index (χ4n) is 2.14. The van der Waals surface area contributed by atoms with Gasteiger partial charge in [0, 0.05) is 12.2 Å². The van der Waals surface area contributed by atoms with Gasteiger partial charge in [0.25, 0.3) is 0 Å². The average Bonchev–Trinajstić information content (AvgIpc) is 2.74. The molecule has 13 heavy (non-hydrogen) atoms. The van der Waals surface area contributed by atoms with Gasteiger partial charge in [-0.05, 0) is 25.8 Å². The Balaban J connectivity index is 2.23. The summed E-state index contributed by atoms with van der Waals surface area (Å²) in [6, 6.07) is 2.74. The van der Waals surface area contributed by atoms with Gasteiger partial charge in [0.05, 0.1) is 11.7 Å². The summed E-state index contributed by atoms with van der Waals surface area (Å²) in [4.78, 5) is 0. The molecule has 3 heteroatoms. The summed E-state index contributed by atoms with van der Waals surface area (Å²) < 4.78 is 2.12. The molecule has 0 aliphatic heterocycles. The van der Waals surface area contributed by atoms with Crippen molar-refractivity contribution in [1.82, 2.24) is 9.78 Å². The van der Waals surface area contributed by atoms with E-state index in [-0.39, 0.29) is 6.04 Å². The monoisotopic (exact) mass is 179 g/mol. The molecule has 0 amide bonds. The van der Waals surface area contributed by atoms with Gasteiger partial charge >= 0.3 is 0 Å². The first-order valence-corrected chi connectivity index (χ1v) is 5.08. The summed E-state index contributed by atoms with van der Waals surface area (Å²) in [5, 5.41) is 4.36. The van der Waals surface area contributed by atoms with Gasteiger partial charge < -0.3 is 5.73 Å². The van der Waals surface area contributed by atoms with Gasteiger partial charge in [-0.15, -0.1) is 0 Å². The van der Waals surface area contributed by atoms with Crippen LogP contribution in [0.1, 0.15) is 50.4 Å². The molecule has 2 rings (SSSR count). The van der Waals surface area contributed by atoms with Crippen molar-refractivity contribution < 1.29 is 0 Å². The van der Waals surface area contributed by atoms with Crippen LogP contribution < -0.4 is 5.73 Å². The zero-order valence-electron chi connectivity index (χ0n) is 8.11. The Hall–Kier alpha value is -0.830. The first kappa shape index (κ1) is 8.75. The zero-order valence-corrected chi connectivity index (χ0v) is 8.11. The maximum Gasteiger partial charge on any atom is 0.0551 e. The van der Waals surface area contributed by atoms with Crippen LogP contribution in [0.4, 0.5) is 0 Å². The molecule has 72 valence electrons. The molecule has 0 aromatic carbocycles. The maximum atomic E-state index is 5.87. The van der Waals surface area contributed by atoms with Crippen molar-refractivity contribution in [3.63, 3.8) is 0 Å². The molecule has 1 unspecified atom stereocenters. The minimum absolute atomic E-state index is 0.100. The third-order valence-corrected chi connectivity index (χ3v) is 2.84. The van der Waals surface area contributed by atoms with E-state index in [9.17, 15) is 0 Å². The minimum atomic E-state index is 0.100. The SMILES string of the molecule is CC(N)c1ccnn1C1CCCC1. The zero-order chi connectivity index (χ0) is 9.26. The highest BCUT2D eigenvalue weighted by Crippen LogP contribution is 2.30. The Labute approximate surface area is 78.9 Å². The molecule has 0 spiro atoms. The Morgan fingerprint density at radius 3 is 2.85 bits per heavy atom. The van der Waals surface area contributed by atoms with Crippen molar-refractivity contribution in [3.05, 3.63) is 18.0 Å². The fraction of sp³-hybridized carbons (Fsp3) is 0.700. The molecule has 1 saturated carbocycles. The van der Waals surface area contributed by atoms with Gasteiger partial charge in [-0.25, -0.2) is 0 Å². The van der Waals surface area contributed by atoms with Gasteiger partial charge in [0.15, 0.2) is 0 Å². The molecule has 1 fully saturated rings. The topological polar surface area (TPSA) is 43.8 Å². The van der Waals surface area contributed by atoms with Crippen LogP contribution in [0.5, 0.6) is 0 Å². The molecule has 0 radical (unpaired) electrons. The van der Waals surface area contributed by atoms with Crippen molar-refractivity contribution in [2.24, 2.45) is 5.73 Å². The van der Waals surface area contributed by atoms with E-state index in [4.69, 9.17) is 5.73 Å². The van der Waals surface area contributed by atoms with E-state index in [2.05, 4.69) is 9.78 Å². The van der Waals surface area contributed by atoms with E-state index in [0.29, 0.717) is 6.04 Å². The van der Waals surface area contributed by atoms with Crippen LogP contribution in [0.3, 0.4) is 0 Å². The molecule has 3 nitrogen and oxygen atoms in total. The van der Waals surface area contributed by atoms with Gasteiger partial charge in [-0.3, -0.25) is 4.68 Å². The molecule has 1 aliphatic rings. The van der Waals surface area contributed by atoms with Crippen LogP contribution in [0.15, 0.2) is 12.3 Å². The summed E-state index contributed by atoms with van der Waals surface area (Å²) >= 11 is 0. The van der Waals surface area contributed by atoms with Gasteiger partial charge in [0.2, 0.25) is 0 Å². The lowest BCUT2D eigenvalue weighted by molar-refractivity contribution is 0.440. The second-order valence-corrected chi connectivity index (χ2v) is 3.93. The van der Waals surface area contributed by atoms with E-state index in [1.165, 1.54) is 31.4 Å². The number of hydrogen-bond acceptors (Lipinski definition) is 2. The van der Waals surface area contributed by atoms with E-state index in [1.54, 1.807) is 0 Å². The van der Waals surface area contributed by atoms with Gasteiger partial charge in [-0.1, -0.05) is 12.8 Å². The first-order valence-electron chi connectivity index (χ1n) is 5.08. The van der Waals surface area contributed by atoms with Crippen LogP contribution in [-0.4, -0.2) is 9.78 Å². The highest BCUT2D eigenvalue weighted by Gasteiger charge is 2.20. The normalized spacial score (nSPS) is 20.8. The third-order valence-electron chi connectivity index (χ3n) is 2.84. The second-order valence-electron chi connectivity index (χ2n) is 3.93. The van der Waals surface area contributed by atoms with E-state index >= 15 is 0 Å². The Morgan fingerprint density at radius 1 is 1.54 bits per heavy atom. The molecule has 1 heterocycles. The third kappa shape index (κ3) is 1.61. The summed E-state index contributed by atoms with van der Waals surface area (Å²) in [6.45, 7) is 2.02. The molecule has 1 aliphatic carbocycles. The van der Waals surface area contributed by atoms with Crippen molar-refractivity contribution >= 4 is 0 Å². The fourth-order valence-corrected chi connectivity index (χ4v) is 2.14. The van der Waals surface area contributed by atoms with E-state index in [0.717, 1.165) is 0 Å². The lowest BCUT2D eigenvalue weighted by atomic mass is 10.2. The molecular weight excluding hydrogens is 162 g/mol. The molecule has 2 N–H and O–H groups in total. The quantitative estimate of drug-likeness (QED) is 0.754. The highest BCUT2D eigenvalue weighted by atomic mass is 15.3. The number of nitrogens with two attached hydrogens (primary N) is 1. The summed E-state index contributed by atoms with van der Waals surface area (Å²) in [5.41, 5.74) is 7.04. The standard InChI is InChI=1S/C10H17N3/c1-8(11)10-6-7-12-13(10)9-4-2-3-5-9/h6-9H,2-5,11H2,1H3. The Bertz CT molecular complexity index is 271. The molecule has 1 aromatic rings. The number of nitrogens with zero attached hydrogens (tertiary/aromatic N) is 2. The van der Waals surface area contributed by atoms with E-state index < -0.39 is 0 Å². The second kappa shape index (κ2) is 3.50. The minimum Gasteiger partial charge on any atom is -0.323 e. The lowest BCUT2D eigenvalue weighted by Crippen LogP contribution is -2.16. The number of aromatic nitrogens is 2. The van der Waals surface area contributed by atoms with Crippen LogP contribution in [0.2, 0.25) is 0 Å². The van der Waals surface area contributed by atoms with Crippen LogP contribution >= 0.6 is 0 Å². The Morgan fingerprint density at radius 2 is 2.23 bits per heavy atom. The largest absolute Gasteiger partial charge is 0.323 e. The van der Waals surface area contributed by atoms with Crippen molar-refractivity contribution in [2.75, 3.05) is 0 Å². The Kier molecular flexibility index (Phi) is 2.36. The first-order chi connectivity index (χ1) is 6.29. The van der Waals surface area contributed by atoms with Crippen molar-refractivity contribution in [2.45, 2.75) is 44.7 Å². The molecular formula is C10H17N3. The molecule has 0 saturated heterocycles. The highest BCUT2D eigenvalue weighted by molar-refractivity contribution is 5.06.